The molecular formula is C25H34N4O3. The Bertz CT molecular complexity index is 929. The summed E-state index contributed by atoms with van der Waals surface area (Å²) < 4.78 is 5.70. The molecule has 0 radical (unpaired) electrons. The Balaban J connectivity index is 1.55. The number of aliphatic hydroxyl groups is 1. The van der Waals surface area contributed by atoms with E-state index in [1.165, 1.54) is 11.1 Å². The smallest absolute Gasteiger partial charge is 0.244 e. The van der Waals surface area contributed by atoms with Crippen molar-refractivity contribution in [3.05, 3.63) is 65.2 Å². The van der Waals surface area contributed by atoms with Crippen molar-refractivity contribution in [2.24, 2.45) is 4.99 Å². The van der Waals surface area contributed by atoms with Gasteiger partial charge in [0, 0.05) is 26.2 Å². The molecule has 1 aliphatic heterocycles. The number of aliphatic imine (C=N–C) groups is 1. The number of hydrogen-bond donors (Lipinski definition) is 3. The Labute approximate surface area is 190 Å². The average molecular weight is 439 g/mol. The molecule has 3 rings (SSSR count). The molecule has 1 atom stereocenters. The predicted molar refractivity (Wildman–Crippen MR) is 127 cm³/mol. The number of hydrogen-bond acceptors (Lipinski definition) is 4. The number of carbonyl (C=O) groups excluding carboxylic acids is 1. The second-order valence-electron chi connectivity index (χ2n) is 8.16. The molecular weight excluding hydrogens is 404 g/mol. The maximum absolute atomic E-state index is 12.7. The first-order valence-corrected chi connectivity index (χ1v) is 11.3. The van der Waals surface area contributed by atoms with Crippen LogP contribution in [0.1, 0.15) is 43.6 Å². The zero-order chi connectivity index (χ0) is 22.9. The third kappa shape index (κ3) is 6.72. The normalized spacial score (nSPS) is 14.7. The van der Waals surface area contributed by atoms with Crippen LogP contribution in [0.3, 0.4) is 0 Å². The third-order valence-corrected chi connectivity index (χ3v) is 5.28. The van der Waals surface area contributed by atoms with Crippen LogP contribution in [-0.2, 0) is 17.8 Å². The Morgan fingerprint density at radius 3 is 2.69 bits per heavy atom. The van der Waals surface area contributed by atoms with Crippen LogP contribution in [-0.4, -0.2) is 54.2 Å². The van der Waals surface area contributed by atoms with Crippen LogP contribution < -0.4 is 15.4 Å². The fraction of sp³-hybridized carbons (Fsp3) is 0.440. The summed E-state index contributed by atoms with van der Waals surface area (Å²) in [6.45, 7) is 8.22. The Hall–Kier alpha value is -3.06. The summed E-state index contributed by atoms with van der Waals surface area (Å²) in [7, 11) is 0. The van der Waals surface area contributed by atoms with Crippen molar-refractivity contribution in [2.75, 3.05) is 26.2 Å². The van der Waals surface area contributed by atoms with Crippen molar-refractivity contribution < 1.29 is 14.6 Å². The van der Waals surface area contributed by atoms with Crippen molar-refractivity contribution in [2.45, 2.75) is 45.9 Å². The summed E-state index contributed by atoms with van der Waals surface area (Å²) >= 11 is 0. The van der Waals surface area contributed by atoms with E-state index in [0.717, 1.165) is 17.7 Å². The Morgan fingerprint density at radius 2 is 1.94 bits per heavy atom. The highest BCUT2D eigenvalue weighted by molar-refractivity contribution is 5.85. The topological polar surface area (TPSA) is 86.2 Å². The number of aliphatic hydroxyl groups excluding tert-OH is 1. The van der Waals surface area contributed by atoms with Crippen molar-refractivity contribution in [1.29, 1.82) is 0 Å². The van der Waals surface area contributed by atoms with E-state index in [0.29, 0.717) is 25.6 Å². The van der Waals surface area contributed by atoms with Gasteiger partial charge in [0.15, 0.2) is 5.96 Å². The monoisotopic (exact) mass is 438 g/mol. The molecule has 0 bridgehead atoms. The summed E-state index contributed by atoms with van der Waals surface area (Å²) in [6, 6.07) is 15.7. The molecule has 32 heavy (non-hydrogen) atoms. The molecule has 2 aromatic rings. The van der Waals surface area contributed by atoms with Gasteiger partial charge in [-0.2, -0.15) is 0 Å². The van der Waals surface area contributed by atoms with Crippen molar-refractivity contribution in [3.8, 4) is 5.75 Å². The molecule has 7 nitrogen and oxygen atoms in total. The zero-order valence-electron chi connectivity index (χ0n) is 19.2. The van der Waals surface area contributed by atoms with E-state index in [2.05, 4.69) is 27.8 Å². The van der Waals surface area contributed by atoms with Gasteiger partial charge >= 0.3 is 0 Å². The van der Waals surface area contributed by atoms with Crippen LogP contribution >= 0.6 is 0 Å². The first-order valence-electron chi connectivity index (χ1n) is 11.3. The highest BCUT2D eigenvalue weighted by atomic mass is 16.5. The van der Waals surface area contributed by atoms with Gasteiger partial charge in [0.25, 0.3) is 0 Å². The molecule has 0 fully saturated rings. The number of nitrogens with one attached hydrogen (secondary N) is 2. The summed E-state index contributed by atoms with van der Waals surface area (Å²) in [5, 5.41) is 16.9. The highest BCUT2D eigenvalue weighted by Gasteiger charge is 2.20. The third-order valence-electron chi connectivity index (χ3n) is 5.28. The molecule has 1 heterocycles. The van der Waals surface area contributed by atoms with Gasteiger partial charge in [0.1, 0.15) is 12.3 Å². The highest BCUT2D eigenvalue weighted by Crippen LogP contribution is 2.20. The number of benzene rings is 2. The number of amides is 1. The Morgan fingerprint density at radius 1 is 1.16 bits per heavy atom. The second-order valence-corrected chi connectivity index (χ2v) is 8.16. The maximum atomic E-state index is 12.7. The lowest BCUT2D eigenvalue weighted by Gasteiger charge is -2.28. The second kappa shape index (κ2) is 11.5. The molecule has 0 aromatic heterocycles. The van der Waals surface area contributed by atoms with Crippen LogP contribution in [0.15, 0.2) is 53.5 Å². The first-order chi connectivity index (χ1) is 15.5. The van der Waals surface area contributed by atoms with Crippen molar-refractivity contribution >= 4 is 11.9 Å². The molecule has 1 aliphatic rings. The van der Waals surface area contributed by atoms with Crippen LogP contribution in [0.5, 0.6) is 5.75 Å². The van der Waals surface area contributed by atoms with Crippen LogP contribution in [0.4, 0.5) is 0 Å². The molecule has 1 unspecified atom stereocenters. The van der Waals surface area contributed by atoms with Crippen LogP contribution in [0, 0.1) is 0 Å². The van der Waals surface area contributed by atoms with E-state index >= 15 is 0 Å². The predicted octanol–water partition coefficient (Wildman–Crippen LogP) is 2.65. The van der Waals surface area contributed by atoms with Crippen molar-refractivity contribution in [3.63, 3.8) is 0 Å². The SMILES string of the molecule is CCNC(=NCC(=O)N1CCc2ccccc2C1)NCC(O)c1cccc(OC(C)C)c1. The molecule has 0 aliphatic carbocycles. The minimum absolute atomic E-state index is 0.00390. The zero-order valence-corrected chi connectivity index (χ0v) is 19.2. The first kappa shape index (κ1) is 23.6. The minimum Gasteiger partial charge on any atom is -0.491 e. The van der Waals surface area contributed by atoms with E-state index in [-0.39, 0.29) is 25.1 Å². The average Bonchev–Trinajstić information content (AvgIpc) is 2.79. The van der Waals surface area contributed by atoms with Crippen LogP contribution in [0.2, 0.25) is 0 Å². The van der Waals surface area contributed by atoms with E-state index < -0.39 is 6.10 Å². The number of guanidine groups is 1. The molecule has 172 valence electrons. The van der Waals surface area contributed by atoms with E-state index in [4.69, 9.17) is 4.74 Å². The molecule has 0 spiro atoms. The molecule has 3 N–H and O–H groups in total. The number of ether oxygens (including phenoxy) is 1. The minimum atomic E-state index is -0.733. The maximum Gasteiger partial charge on any atom is 0.244 e. The van der Waals surface area contributed by atoms with Gasteiger partial charge < -0.3 is 25.4 Å². The lowest BCUT2D eigenvalue weighted by molar-refractivity contribution is -0.130. The molecule has 1 amide bonds. The standard InChI is InChI=1S/C25H34N4O3/c1-4-26-25(27-15-23(30)20-10-7-11-22(14-20)32-18(2)3)28-16-24(31)29-13-12-19-8-5-6-9-21(19)17-29/h5-11,14,18,23,30H,4,12-13,15-17H2,1-3H3,(H2,26,27,28). The fourth-order valence-corrected chi connectivity index (χ4v) is 3.68. The number of rotatable bonds is 8. The summed E-state index contributed by atoms with van der Waals surface area (Å²) in [4.78, 5) is 19.0. The van der Waals surface area contributed by atoms with Gasteiger partial charge in [-0.25, -0.2) is 4.99 Å². The Kier molecular flexibility index (Phi) is 8.50. The lowest BCUT2D eigenvalue weighted by Crippen LogP contribution is -2.41. The van der Waals surface area contributed by atoms with Gasteiger partial charge in [-0.3, -0.25) is 4.79 Å². The lowest BCUT2D eigenvalue weighted by atomic mass is 10.00. The van der Waals surface area contributed by atoms with Gasteiger partial charge in [-0.15, -0.1) is 0 Å². The molecule has 7 heteroatoms. The molecule has 2 aromatic carbocycles. The summed E-state index contributed by atoms with van der Waals surface area (Å²) in [6.07, 6.45) is 0.207. The summed E-state index contributed by atoms with van der Waals surface area (Å²) in [5.41, 5.74) is 3.27. The van der Waals surface area contributed by atoms with E-state index in [1.54, 1.807) is 0 Å². The number of carbonyl (C=O) groups is 1. The van der Waals surface area contributed by atoms with E-state index in [9.17, 15) is 9.90 Å². The van der Waals surface area contributed by atoms with Crippen molar-refractivity contribution in [1.82, 2.24) is 15.5 Å². The van der Waals surface area contributed by atoms with E-state index in [1.807, 2.05) is 62.1 Å². The fourth-order valence-electron chi connectivity index (χ4n) is 3.68. The van der Waals surface area contributed by atoms with Gasteiger partial charge in [0.2, 0.25) is 5.91 Å². The van der Waals surface area contributed by atoms with Gasteiger partial charge in [0.05, 0.1) is 12.2 Å². The molecule has 0 saturated heterocycles. The number of fused-ring (bicyclic) bond motifs is 1. The quantitative estimate of drug-likeness (QED) is 0.436. The number of nitrogens with zero attached hydrogens (tertiary/aromatic N) is 2. The largest absolute Gasteiger partial charge is 0.491 e. The molecule has 0 saturated carbocycles. The van der Waals surface area contributed by atoms with Crippen LogP contribution in [0.25, 0.3) is 0 Å². The summed E-state index contributed by atoms with van der Waals surface area (Å²) in [5.74, 6) is 1.23. The van der Waals surface area contributed by atoms with Gasteiger partial charge in [-0.05, 0) is 56.0 Å². The van der Waals surface area contributed by atoms with Gasteiger partial charge in [-0.1, -0.05) is 36.4 Å².